The highest BCUT2D eigenvalue weighted by Gasteiger charge is 2.70. The maximum absolute atomic E-state index is 11.9. The first-order valence-corrected chi connectivity index (χ1v) is 20.4. The van der Waals surface area contributed by atoms with Gasteiger partial charge in [0.1, 0.15) is 48.8 Å². The Morgan fingerprint density at radius 2 is 1.34 bits per heavy atom. The first kappa shape index (κ1) is 39.3. The SMILES string of the molecule is C[C@@H]1CC[C@@]2(OC1)O[C@H]1C[C@H]3[C@@H]4C[C@H](O)[C@H]5C[C@@H](O[C@@H]6O[C@H](CO)[C@@H](O[C@H]7O[C@H](CO)[C@@H](O)[C@H](O)[C@@H]7O)[C@H](O)[C@H]6O)CC[C@]5(C)[C@H]4CC[C@]3(C)[C@H]1[C@@H]2C. The van der Waals surface area contributed by atoms with E-state index in [1.807, 2.05) is 0 Å². The van der Waals surface area contributed by atoms with Crippen LogP contribution < -0.4 is 0 Å². The summed E-state index contributed by atoms with van der Waals surface area (Å²) in [5.41, 5.74) is 0.0639. The second-order valence-corrected chi connectivity index (χ2v) is 18.8. The van der Waals surface area contributed by atoms with Gasteiger partial charge in [-0.2, -0.15) is 0 Å². The Kier molecular flexibility index (Phi) is 10.6. The van der Waals surface area contributed by atoms with E-state index in [1.54, 1.807) is 0 Å². The van der Waals surface area contributed by atoms with E-state index in [0.29, 0.717) is 48.3 Å². The summed E-state index contributed by atoms with van der Waals surface area (Å²) in [7, 11) is 0. The van der Waals surface area contributed by atoms with Gasteiger partial charge in [0.2, 0.25) is 0 Å². The Bertz CT molecular complexity index is 1290. The molecule has 8 rings (SSSR count). The van der Waals surface area contributed by atoms with Crippen LogP contribution in [-0.4, -0.2) is 146 Å². The Morgan fingerprint density at radius 3 is 2.04 bits per heavy atom. The van der Waals surface area contributed by atoms with E-state index < -0.39 is 86.5 Å². The largest absolute Gasteiger partial charge is 0.394 e. The smallest absolute Gasteiger partial charge is 0.187 e. The highest BCUT2D eigenvalue weighted by atomic mass is 16.7. The summed E-state index contributed by atoms with van der Waals surface area (Å²) in [4.78, 5) is 0. The summed E-state index contributed by atoms with van der Waals surface area (Å²) in [6, 6.07) is 0. The van der Waals surface area contributed by atoms with Crippen molar-refractivity contribution >= 4 is 0 Å². The van der Waals surface area contributed by atoms with Crippen LogP contribution in [0.25, 0.3) is 0 Å². The Balaban J connectivity index is 0.911. The van der Waals surface area contributed by atoms with Gasteiger partial charge in [0.25, 0.3) is 0 Å². The molecule has 0 unspecified atom stereocenters. The molecule has 14 nitrogen and oxygen atoms in total. The molecule has 4 aliphatic carbocycles. The minimum absolute atomic E-state index is 0.00889. The van der Waals surface area contributed by atoms with E-state index >= 15 is 0 Å². The van der Waals surface area contributed by atoms with E-state index in [0.717, 1.165) is 51.6 Å². The molecule has 8 fully saturated rings. The van der Waals surface area contributed by atoms with Crippen molar-refractivity contribution < 1.29 is 69.3 Å². The fourth-order valence-electron chi connectivity index (χ4n) is 13.3. The molecule has 1 spiro atoms. The van der Waals surface area contributed by atoms with E-state index in [9.17, 15) is 40.9 Å². The van der Waals surface area contributed by atoms with E-state index in [-0.39, 0.29) is 29.0 Å². The van der Waals surface area contributed by atoms with Gasteiger partial charge in [-0.15, -0.1) is 0 Å². The van der Waals surface area contributed by atoms with Gasteiger partial charge in [-0.1, -0.05) is 27.7 Å². The van der Waals surface area contributed by atoms with Crippen LogP contribution in [0.2, 0.25) is 0 Å². The summed E-state index contributed by atoms with van der Waals surface area (Å²) in [6.07, 6.45) is -7.41. The molecule has 0 aromatic heterocycles. The molecule has 0 amide bonds. The summed E-state index contributed by atoms with van der Waals surface area (Å²) in [5.74, 6) is 2.28. The first-order chi connectivity index (χ1) is 25.2. The third-order valence-electron chi connectivity index (χ3n) is 16.2. The Morgan fingerprint density at radius 1 is 0.660 bits per heavy atom. The van der Waals surface area contributed by atoms with Gasteiger partial charge >= 0.3 is 0 Å². The van der Waals surface area contributed by atoms with Crippen LogP contribution in [0.5, 0.6) is 0 Å². The zero-order chi connectivity index (χ0) is 37.8. The van der Waals surface area contributed by atoms with Crippen LogP contribution in [0, 0.1) is 52.3 Å². The number of aliphatic hydroxyl groups is 8. The van der Waals surface area contributed by atoms with Crippen molar-refractivity contribution in [2.24, 2.45) is 52.3 Å². The Hall–Kier alpha value is -0.560. The van der Waals surface area contributed by atoms with Crippen molar-refractivity contribution in [3.8, 4) is 0 Å². The molecule has 4 saturated carbocycles. The molecular weight excluding hydrogens is 692 g/mol. The highest BCUT2D eigenvalue weighted by molar-refractivity contribution is 5.16. The number of hydrogen-bond donors (Lipinski definition) is 8. The summed E-state index contributed by atoms with van der Waals surface area (Å²) in [6.45, 7) is 8.93. The number of aliphatic hydroxyl groups excluding tert-OH is 8. The molecular formula is C39H64O14. The molecule has 4 aliphatic heterocycles. The molecule has 0 radical (unpaired) electrons. The average Bonchev–Trinajstić information content (AvgIpc) is 3.59. The highest BCUT2D eigenvalue weighted by Crippen LogP contribution is 2.71. The van der Waals surface area contributed by atoms with Crippen molar-refractivity contribution in [1.29, 1.82) is 0 Å². The van der Waals surface area contributed by atoms with E-state index in [4.69, 9.17) is 28.4 Å². The third kappa shape index (κ3) is 6.20. The molecule has 0 bridgehead atoms. The van der Waals surface area contributed by atoms with Gasteiger partial charge in [-0.05, 0) is 97.7 Å². The topological polar surface area (TPSA) is 217 Å². The van der Waals surface area contributed by atoms with Crippen molar-refractivity contribution in [2.75, 3.05) is 19.8 Å². The molecule has 4 heterocycles. The summed E-state index contributed by atoms with van der Waals surface area (Å²) >= 11 is 0. The van der Waals surface area contributed by atoms with Crippen LogP contribution in [0.15, 0.2) is 0 Å². The molecule has 0 aromatic carbocycles. The van der Waals surface area contributed by atoms with Crippen molar-refractivity contribution in [2.45, 2.75) is 171 Å². The van der Waals surface area contributed by atoms with Gasteiger partial charge in [-0.3, -0.25) is 0 Å². The molecule has 8 aliphatic rings. The predicted octanol–water partition coefficient (Wildman–Crippen LogP) is 0.413. The van der Waals surface area contributed by atoms with Gasteiger partial charge in [0.05, 0.1) is 38.1 Å². The standard InChI is InChI=1S/C39H64O14/c1-17-5-10-39(48-16-17)18(2)28-25(53-39)13-22-20-12-24(42)23-11-19(6-8-37(23,3)21(20)7-9-38(22,28)4)49-35-33(47)31(45)34(27(15-41)51-35)52-36-32(46)30(44)29(43)26(14-40)50-36/h17-36,40-47H,5-16H2,1-4H3/t17-,18+,19+,20-,21+,22+,23-,24+,25+,26-,27-,28+,29-,30+,31-,32+,33-,34-,35-,36-,37-,38+,39-/m1/s1. The van der Waals surface area contributed by atoms with Crippen LogP contribution in [0.3, 0.4) is 0 Å². The fourth-order valence-corrected chi connectivity index (χ4v) is 13.3. The van der Waals surface area contributed by atoms with Crippen LogP contribution in [0.1, 0.15) is 85.5 Å². The lowest BCUT2D eigenvalue weighted by Crippen LogP contribution is -2.65. The normalized spacial score (nSPS) is 59.5. The molecule has 14 heteroatoms. The summed E-state index contributed by atoms with van der Waals surface area (Å²) in [5, 5.41) is 84.7. The minimum atomic E-state index is -1.74. The van der Waals surface area contributed by atoms with Crippen molar-refractivity contribution in [1.82, 2.24) is 0 Å². The second-order valence-electron chi connectivity index (χ2n) is 18.8. The second kappa shape index (κ2) is 14.4. The van der Waals surface area contributed by atoms with E-state index in [1.165, 1.54) is 0 Å². The monoisotopic (exact) mass is 756 g/mol. The zero-order valence-electron chi connectivity index (χ0n) is 31.6. The van der Waals surface area contributed by atoms with Crippen LogP contribution >= 0.6 is 0 Å². The Labute approximate surface area is 312 Å². The lowest BCUT2D eigenvalue weighted by Gasteiger charge is -2.62. The van der Waals surface area contributed by atoms with Crippen LogP contribution in [0.4, 0.5) is 0 Å². The quantitative estimate of drug-likeness (QED) is 0.173. The lowest BCUT2D eigenvalue weighted by molar-refractivity contribution is -0.364. The number of ether oxygens (including phenoxy) is 6. The third-order valence-corrected chi connectivity index (χ3v) is 16.2. The van der Waals surface area contributed by atoms with Crippen molar-refractivity contribution in [3.63, 3.8) is 0 Å². The van der Waals surface area contributed by atoms with Gasteiger partial charge in [0, 0.05) is 12.3 Å². The molecule has 4 saturated heterocycles. The van der Waals surface area contributed by atoms with E-state index in [2.05, 4.69) is 27.7 Å². The summed E-state index contributed by atoms with van der Waals surface area (Å²) < 4.78 is 36.8. The van der Waals surface area contributed by atoms with Gasteiger partial charge in [0.15, 0.2) is 18.4 Å². The maximum Gasteiger partial charge on any atom is 0.187 e. The first-order valence-electron chi connectivity index (χ1n) is 20.4. The predicted molar refractivity (Wildman–Crippen MR) is 184 cm³/mol. The van der Waals surface area contributed by atoms with Gasteiger partial charge < -0.3 is 69.3 Å². The number of fused-ring (bicyclic) bond motifs is 7. The minimum Gasteiger partial charge on any atom is -0.394 e. The number of rotatable bonds is 6. The zero-order valence-corrected chi connectivity index (χ0v) is 31.6. The average molecular weight is 757 g/mol. The molecule has 0 aromatic rings. The molecule has 23 atom stereocenters. The molecule has 53 heavy (non-hydrogen) atoms. The lowest BCUT2D eigenvalue weighted by atomic mass is 9.43. The van der Waals surface area contributed by atoms with Gasteiger partial charge in [-0.25, -0.2) is 0 Å². The van der Waals surface area contributed by atoms with Crippen molar-refractivity contribution in [3.05, 3.63) is 0 Å². The maximum atomic E-state index is 11.9. The molecule has 304 valence electrons. The fraction of sp³-hybridized carbons (Fsp3) is 1.00. The molecule has 8 N–H and O–H groups in total. The van der Waals surface area contributed by atoms with Crippen LogP contribution in [-0.2, 0) is 28.4 Å². The number of hydrogen-bond acceptors (Lipinski definition) is 14.